The molecule has 0 bridgehead atoms. The number of carbonyl (C=O) groups excluding carboxylic acids is 2. The lowest BCUT2D eigenvalue weighted by Gasteiger charge is -2.38. The maximum absolute atomic E-state index is 12.7. The Hall–Kier alpha value is -1.50. The minimum Gasteiger partial charge on any atom is -0.342 e. The molecule has 18 heavy (non-hydrogen) atoms. The normalized spacial score (nSPS) is 23.7. The lowest BCUT2D eigenvalue weighted by molar-refractivity contribution is -0.141. The van der Waals surface area contributed by atoms with Crippen LogP contribution < -0.4 is 5.32 Å². The second kappa shape index (κ2) is 4.31. The van der Waals surface area contributed by atoms with Crippen LogP contribution in [0.25, 0.3) is 0 Å². The van der Waals surface area contributed by atoms with E-state index in [1.807, 2.05) is 13.8 Å². The molecule has 0 atom stereocenters. The van der Waals surface area contributed by atoms with Crippen molar-refractivity contribution in [2.24, 2.45) is 0 Å². The molecule has 2 fully saturated rings. The Morgan fingerprint density at radius 3 is 2.50 bits per heavy atom. The lowest BCUT2D eigenvalue weighted by Crippen LogP contribution is -2.59. The van der Waals surface area contributed by atoms with Crippen LogP contribution in [0.2, 0.25) is 0 Å². The Kier molecular flexibility index (Phi) is 3.10. The molecule has 4 heteroatoms. The molecule has 0 radical (unpaired) electrons. The molecule has 0 aromatic heterocycles. The minimum atomic E-state index is -0.693. The van der Waals surface area contributed by atoms with Gasteiger partial charge in [-0.05, 0) is 26.7 Å². The zero-order valence-corrected chi connectivity index (χ0v) is 11.1. The maximum atomic E-state index is 12.7. The van der Waals surface area contributed by atoms with E-state index >= 15 is 0 Å². The summed E-state index contributed by atoms with van der Waals surface area (Å²) < 4.78 is 0. The molecule has 0 unspecified atom stereocenters. The summed E-state index contributed by atoms with van der Waals surface area (Å²) in [4.78, 5) is 26.2. The summed E-state index contributed by atoms with van der Waals surface area (Å²) in [5.74, 6) is 2.61. The van der Waals surface area contributed by atoms with Crippen molar-refractivity contribution in [2.45, 2.75) is 57.0 Å². The van der Waals surface area contributed by atoms with Crippen molar-refractivity contribution in [2.75, 3.05) is 6.54 Å². The summed E-state index contributed by atoms with van der Waals surface area (Å²) in [5.41, 5.74) is -1.33. The maximum Gasteiger partial charge on any atom is 0.249 e. The Bertz CT molecular complexity index is 414. The Morgan fingerprint density at radius 1 is 1.33 bits per heavy atom. The van der Waals surface area contributed by atoms with Gasteiger partial charge in [0, 0.05) is 13.0 Å². The second-order valence-corrected chi connectivity index (χ2v) is 5.75. The van der Waals surface area contributed by atoms with E-state index in [-0.39, 0.29) is 11.8 Å². The Morgan fingerprint density at radius 2 is 1.94 bits per heavy atom. The number of hydrogen-bond donors (Lipinski definition) is 1. The first kappa shape index (κ1) is 12.9. The molecule has 2 aliphatic rings. The largest absolute Gasteiger partial charge is 0.342 e. The third-order valence-corrected chi connectivity index (χ3v) is 4.08. The third-order valence-electron chi connectivity index (χ3n) is 4.08. The van der Waals surface area contributed by atoms with Crippen molar-refractivity contribution in [3.05, 3.63) is 0 Å². The average molecular weight is 248 g/mol. The van der Waals surface area contributed by atoms with E-state index in [2.05, 4.69) is 11.2 Å². The molecule has 1 N–H and O–H groups in total. The molecule has 98 valence electrons. The summed E-state index contributed by atoms with van der Waals surface area (Å²) in [7, 11) is 0. The minimum absolute atomic E-state index is 0.00574. The van der Waals surface area contributed by atoms with Gasteiger partial charge in [0.05, 0.1) is 5.54 Å². The molecule has 0 aromatic carbocycles. The van der Waals surface area contributed by atoms with E-state index in [0.29, 0.717) is 13.0 Å². The predicted molar refractivity (Wildman–Crippen MR) is 68.6 cm³/mol. The zero-order chi connectivity index (χ0) is 13.4. The summed E-state index contributed by atoms with van der Waals surface area (Å²) in [6.45, 7) is 4.11. The topological polar surface area (TPSA) is 49.4 Å². The SMILES string of the molecule is C#CC(C)(C)N1CCC(=O)NC2(CCCC2)C1=O. The van der Waals surface area contributed by atoms with Crippen LogP contribution in [0, 0.1) is 12.3 Å². The summed E-state index contributed by atoms with van der Waals surface area (Å²) >= 11 is 0. The van der Waals surface area contributed by atoms with Gasteiger partial charge in [0.2, 0.25) is 11.8 Å². The van der Waals surface area contributed by atoms with Gasteiger partial charge in [-0.25, -0.2) is 0 Å². The van der Waals surface area contributed by atoms with E-state index in [1.54, 1.807) is 4.90 Å². The average Bonchev–Trinajstić information content (AvgIpc) is 2.73. The Labute approximate surface area is 108 Å². The van der Waals surface area contributed by atoms with Gasteiger partial charge in [0.15, 0.2) is 0 Å². The van der Waals surface area contributed by atoms with Gasteiger partial charge in [-0.2, -0.15) is 0 Å². The molecule has 1 heterocycles. The highest BCUT2D eigenvalue weighted by atomic mass is 16.2. The highest BCUT2D eigenvalue weighted by molar-refractivity contribution is 5.94. The molecule has 2 rings (SSSR count). The number of carbonyl (C=O) groups is 2. The summed E-state index contributed by atoms with van der Waals surface area (Å²) in [6, 6.07) is 0. The monoisotopic (exact) mass is 248 g/mol. The van der Waals surface area contributed by atoms with E-state index in [1.165, 1.54) is 0 Å². The van der Waals surface area contributed by atoms with Crippen molar-refractivity contribution >= 4 is 11.8 Å². The van der Waals surface area contributed by atoms with Crippen LogP contribution in [0.3, 0.4) is 0 Å². The first-order valence-electron chi connectivity index (χ1n) is 6.52. The van der Waals surface area contributed by atoms with Crippen molar-refractivity contribution < 1.29 is 9.59 Å². The van der Waals surface area contributed by atoms with Crippen LogP contribution in [-0.2, 0) is 9.59 Å². The number of nitrogens with zero attached hydrogens (tertiary/aromatic N) is 1. The molecular formula is C14H20N2O2. The van der Waals surface area contributed by atoms with Gasteiger partial charge in [-0.15, -0.1) is 6.42 Å². The molecule has 1 saturated heterocycles. The van der Waals surface area contributed by atoms with E-state index in [4.69, 9.17) is 6.42 Å². The fraction of sp³-hybridized carbons (Fsp3) is 0.714. The first-order chi connectivity index (χ1) is 8.41. The Balaban J connectivity index is 2.36. The molecule has 2 amide bonds. The van der Waals surface area contributed by atoms with Crippen molar-refractivity contribution in [1.82, 2.24) is 10.2 Å². The number of hydrogen-bond acceptors (Lipinski definition) is 2. The summed E-state index contributed by atoms with van der Waals surface area (Å²) in [6.07, 6.45) is 9.28. The standard InChI is InChI=1S/C14H20N2O2/c1-4-13(2,3)16-10-7-11(17)15-14(12(16)18)8-5-6-9-14/h1H,5-10H2,2-3H3,(H,15,17). The van der Waals surface area contributed by atoms with Crippen LogP contribution in [0.15, 0.2) is 0 Å². The molecular weight excluding hydrogens is 228 g/mol. The van der Waals surface area contributed by atoms with Crippen LogP contribution in [0.1, 0.15) is 46.0 Å². The molecule has 1 aliphatic heterocycles. The highest BCUT2D eigenvalue weighted by Gasteiger charge is 2.49. The van der Waals surface area contributed by atoms with E-state index in [0.717, 1.165) is 25.7 Å². The second-order valence-electron chi connectivity index (χ2n) is 5.75. The third kappa shape index (κ3) is 1.98. The zero-order valence-electron chi connectivity index (χ0n) is 11.1. The fourth-order valence-corrected chi connectivity index (χ4v) is 2.88. The van der Waals surface area contributed by atoms with Gasteiger partial charge in [-0.3, -0.25) is 9.59 Å². The van der Waals surface area contributed by atoms with Crippen LogP contribution in [0.4, 0.5) is 0 Å². The van der Waals surface area contributed by atoms with E-state index in [9.17, 15) is 9.59 Å². The van der Waals surface area contributed by atoms with Crippen molar-refractivity contribution in [1.29, 1.82) is 0 Å². The molecule has 1 saturated carbocycles. The fourth-order valence-electron chi connectivity index (χ4n) is 2.88. The first-order valence-corrected chi connectivity index (χ1v) is 6.52. The number of rotatable bonds is 1. The molecule has 1 spiro atoms. The van der Waals surface area contributed by atoms with Gasteiger partial charge in [0.1, 0.15) is 5.54 Å². The predicted octanol–water partition coefficient (Wildman–Crippen LogP) is 1.06. The van der Waals surface area contributed by atoms with Crippen molar-refractivity contribution in [3.63, 3.8) is 0 Å². The van der Waals surface area contributed by atoms with Crippen LogP contribution >= 0.6 is 0 Å². The molecule has 0 aromatic rings. The van der Waals surface area contributed by atoms with Gasteiger partial charge in [-0.1, -0.05) is 18.8 Å². The summed E-state index contributed by atoms with van der Waals surface area (Å²) in [5, 5.41) is 2.93. The van der Waals surface area contributed by atoms with Crippen LogP contribution in [-0.4, -0.2) is 34.3 Å². The molecule has 1 aliphatic carbocycles. The smallest absolute Gasteiger partial charge is 0.249 e. The van der Waals surface area contributed by atoms with Gasteiger partial charge in [0.25, 0.3) is 0 Å². The highest BCUT2D eigenvalue weighted by Crippen LogP contribution is 2.34. The number of nitrogens with one attached hydrogen (secondary N) is 1. The number of amides is 2. The molecule has 4 nitrogen and oxygen atoms in total. The van der Waals surface area contributed by atoms with Crippen molar-refractivity contribution in [3.8, 4) is 12.3 Å². The van der Waals surface area contributed by atoms with Crippen LogP contribution in [0.5, 0.6) is 0 Å². The van der Waals surface area contributed by atoms with Gasteiger partial charge < -0.3 is 10.2 Å². The lowest BCUT2D eigenvalue weighted by atomic mass is 9.93. The van der Waals surface area contributed by atoms with Gasteiger partial charge >= 0.3 is 0 Å². The quantitative estimate of drug-likeness (QED) is 0.705. The van der Waals surface area contributed by atoms with E-state index < -0.39 is 11.1 Å². The number of terminal acetylenes is 1.